The third kappa shape index (κ3) is 1.50. The van der Waals surface area contributed by atoms with E-state index in [2.05, 4.69) is 4.98 Å². The molecule has 0 spiro atoms. The monoisotopic (exact) mass is 194 g/mol. The Morgan fingerprint density at radius 1 is 1.31 bits per heavy atom. The van der Waals surface area contributed by atoms with Crippen LogP contribution in [0.4, 0.5) is 0 Å². The minimum Gasteiger partial charge on any atom is -0.269 e. The lowest BCUT2D eigenvalue weighted by molar-refractivity contribution is -0.137. The number of hydrogen-bond acceptors (Lipinski definition) is 4. The van der Waals surface area contributed by atoms with Crippen LogP contribution in [0.15, 0.2) is 23.7 Å². The number of carbonyl (C=O) groups is 2. The zero-order valence-corrected chi connectivity index (χ0v) is 7.45. The quantitative estimate of drug-likeness (QED) is 0.647. The highest BCUT2D eigenvalue weighted by molar-refractivity contribution is 7.09. The van der Waals surface area contributed by atoms with Crippen LogP contribution in [0.3, 0.4) is 0 Å². The first kappa shape index (κ1) is 8.12. The molecule has 0 saturated carbocycles. The van der Waals surface area contributed by atoms with Crippen LogP contribution in [-0.2, 0) is 16.1 Å². The number of thiazole rings is 1. The summed E-state index contributed by atoms with van der Waals surface area (Å²) < 4.78 is 0. The van der Waals surface area contributed by atoms with E-state index in [1.807, 2.05) is 5.38 Å². The highest BCUT2D eigenvalue weighted by Crippen LogP contribution is 2.12. The van der Waals surface area contributed by atoms with Crippen molar-refractivity contribution < 1.29 is 9.59 Å². The minimum absolute atomic E-state index is 0.264. The van der Waals surface area contributed by atoms with Crippen LogP contribution < -0.4 is 0 Å². The smallest absolute Gasteiger partial charge is 0.254 e. The predicted octanol–water partition coefficient (Wildman–Crippen LogP) is 0.568. The number of carbonyl (C=O) groups excluding carboxylic acids is 2. The summed E-state index contributed by atoms with van der Waals surface area (Å²) in [5.74, 6) is -0.527. The normalized spacial score (nSPS) is 15.8. The largest absolute Gasteiger partial charge is 0.269 e. The van der Waals surface area contributed by atoms with Gasteiger partial charge in [-0.3, -0.25) is 14.5 Å². The average Bonchev–Trinajstić information content (AvgIpc) is 2.70. The van der Waals surface area contributed by atoms with Crippen LogP contribution in [0, 0.1) is 0 Å². The average molecular weight is 194 g/mol. The fourth-order valence-electron chi connectivity index (χ4n) is 1.05. The van der Waals surface area contributed by atoms with Crippen molar-refractivity contribution in [2.45, 2.75) is 6.54 Å². The number of imide groups is 1. The molecule has 0 N–H and O–H groups in total. The van der Waals surface area contributed by atoms with Gasteiger partial charge >= 0.3 is 0 Å². The zero-order chi connectivity index (χ0) is 9.26. The molecule has 0 saturated heterocycles. The van der Waals surface area contributed by atoms with Crippen LogP contribution in [0.2, 0.25) is 0 Å². The van der Waals surface area contributed by atoms with Gasteiger partial charge in [-0.15, -0.1) is 11.3 Å². The van der Waals surface area contributed by atoms with E-state index in [1.165, 1.54) is 28.4 Å². The zero-order valence-electron chi connectivity index (χ0n) is 6.64. The Hall–Kier alpha value is -1.49. The van der Waals surface area contributed by atoms with Gasteiger partial charge in [0.05, 0.1) is 6.54 Å². The summed E-state index contributed by atoms with van der Waals surface area (Å²) in [5, 5.41) is 2.58. The topological polar surface area (TPSA) is 50.3 Å². The van der Waals surface area contributed by atoms with E-state index in [1.54, 1.807) is 6.20 Å². The van der Waals surface area contributed by atoms with Gasteiger partial charge in [-0.2, -0.15) is 0 Å². The maximum Gasteiger partial charge on any atom is 0.254 e. The summed E-state index contributed by atoms with van der Waals surface area (Å²) in [5.41, 5.74) is 0. The van der Waals surface area contributed by atoms with E-state index >= 15 is 0 Å². The summed E-state index contributed by atoms with van der Waals surface area (Å²) in [6.07, 6.45) is 4.20. The van der Waals surface area contributed by atoms with Crippen LogP contribution in [0.5, 0.6) is 0 Å². The first-order valence-corrected chi connectivity index (χ1v) is 4.57. The Kier molecular flexibility index (Phi) is 1.94. The lowest BCUT2D eigenvalue weighted by Crippen LogP contribution is -2.29. The Bertz CT molecular complexity index is 352. The van der Waals surface area contributed by atoms with Gasteiger partial charge in [0.1, 0.15) is 5.01 Å². The molecule has 1 aliphatic heterocycles. The Morgan fingerprint density at radius 3 is 2.54 bits per heavy atom. The van der Waals surface area contributed by atoms with Gasteiger partial charge in [0.25, 0.3) is 11.8 Å². The molecular weight excluding hydrogens is 188 g/mol. The maximum atomic E-state index is 11.1. The number of rotatable bonds is 2. The predicted molar refractivity (Wildman–Crippen MR) is 46.8 cm³/mol. The van der Waals surface area contributed by atoms with E-state index in [0.29, 0.717) is 0 Å². The molecule has 0 atom stereocenters. The van der Waals surface area contributed by atoms with Crippen molar-refractivity contribution in [3.63, 3.8) is 0 Å². The van der Waals surface area contributed by atoms with Gasteiger partial charge in [0.15, 0.2) is 0 Å². The van der Waals surface area contributed by atoms with Crippen LogP contribution in [0.1, 0.15) is 5.01 Å². The van der Waals surface area contributed by atoms with Crippen LogP contribution >= 0.6 is 11.3 Å². The SMILES string of the molecule is O=C1C=CC(=O)N1Cc1nccs1. The molecule has 66 valence electrons. The molecule has 0 aromatic carbocycles. The van der Waals surface area contributed by atoms with Crippen LogP contribution in [0.25, 0.3) is 0 Å². The number of amides is 2. The Morgan fingerprint density at radius 2 is 2.00 bits per heavy atom. The first-order valence-electron chi connectivity index (χ1n) is 3.69. The second-order valence-corrected chi connectivity index (χ2v) is 3.50. The van der Waals surface area contributed by atoms with Gasteiger partial charge in [0.2, 0.25) is 0 Å². The van der Waals surface area contributed by atoms with Crippen molar-refractivity contribution >= 4 is 23.2 Å². The van der Waals surface area contributed by atoms with Crippen molar-refractivity contribution in [3.05, 3.63) is 28.7 Å². The molecular formula is C8H6N2O2S. The molecule has 2 heterocycles. The lowest BCUT2D eigenvalue weighted by Gasteiger charge is -2.10. The molecule has 0 bridgehead atoms. The second kappa shape index (κ2) is 3.10. The minimum atomic E-state index is -0.264. The standard InChI is InChI=1S/C8H6N2O2S/c11-7-1-2-8(12)10(7)5-6-9-3-4-13-6/h1-4H,5H2. The van der Waals surface area contributed by atoms with Crippen molar-refractivity contribution in [2.24, 2.45) is 0 Å². The van der Waals surface area contributed by atoms with Crippen molar-refractivity contribution in [2.75, 3.05) is 0 Å². The summed E-state index contributed by atoms with van der Waals surface area (Å²) in [6.45, 7) is 0.280. The molecule has 5 heteroatoms. The van der Waals surface area contributed by atoms with Gasteiger partial charge in [-0.05, 0) is 0 Å². The maximum absolute atomic E-state index is 11.1. The summed E-state index contributed by atoms with van der Waals surface area (Å²) in [4.78, 5) is 27.4. The fraction of sp³-hybridized carbons (Fsp3) is 0.125. The fourth-order valence-corrected chi connectivity index (χ4v) is 1.66. The summed E-state index contributed by atoms with van der Waals surface area (Å²) >= 11 is 1.43. The van der Waals surface area contributed by atoms with Gasteiger partial charge in [-0.1, -0.05) is 0 Å². The molecule has 2 amide bonds. The van der Waals surface area contributed by atoms with E-state index < -0.39 is 0 Å². The molecule has 0 fully saturated rings. The van der Waals surface area contributed by atoms with Crippen LogP contribution in [-0.4, -0.2) is 21.7 Å². The Balaban J connectivity index is 2.11. The van der Waals surface area contributed by atoms with Crippen molar-refractivity contribution in [1.82, 2.24) is 9.88 Å². The molecule has 0 aliphatic carbocycles. The summed E-state index contributed by atoms with van der Waals surface area (Å²) in [6, 6.07) is 0. The van der Waals surface area contributed by atoms with E-state index in [0.717, 1.165) is 5.01 Å². The first-order chi connectivity index (χ1) is 6.27. The molecule has 0 radical (unpaired) electrons. The van der Waals surface area contributed by atoms with E-state index in [9.17, 15) is 9.59 Å². The second-order valence-electron chi connectivity index (χ2n) is 2.52. The number of aromatic nitrogens is 1. The molecule has 13 heavy (non-hydrogen) atoms. The molecule has 2 rings (SSSR count). The van der Waals surface area contributed by atoms with Crippen molar-refractivity contribution in [1.29, 1.82) is 0 Å². The lowest BCUT2D eigenvalue weighted by atomic mass is 10.5. The number of hydrogen-bond donors (Lipinski definition) is 0. The molecule has 4 nitrogen and oxygen atoms in total. The highest BCUT2D eigenvalue weighted by Gasteiger charge is 2.23. The third-order valence-corrected chi connectivity index (χ3v) is 2.44. The number of nitrogens with zero attached hydrogens (tertiary/aromatic N) is 2. The molecule has 0 unspecified atom stereocenters. The molecule has 1 aromatic heterocycles. The van der Waals surface area contributed by atoms with Crippen molar-refractivity contribution in [3.8, 4) is 0 Å². The Labute approximate surface area is 78.5 Å². The molecule has 1 aromatic rings. The van der Waals surface area contributed by atoms with Gasteiger partial charge in [-0.25, -0.2) is 4.98 Å². The van der Waals surface area contributed by atoms with E-state index in [-0.39, 0.29) is 18.4 Å². The van der Waals surface area contributed by atoms with E-state index in [4.69, 9.17) is 0 Å². The molecule has 1 aliphatic rings. The van der Waals surface area contributed by atoms with Gasteiger partial charge < -0.3 is 0 Å². The summed E-state index contributed by atoms with van der Waals surface area (Å²) in [7, 11) is 0. The highest BCUT2D eigenvalue weighted by atomic mass is 32.1. The third-order valence-electron chi connectivity index (χ3n) is 1.68. The van der Waals surface area contributed by atoms with Gasteiger partial charge in [0, 0.05) is 23.7 Å².